The fraction of sp³-hybridized carbons (Fsp3) is 0.333. The van der Waals surface area contributed by atoms with E-state index in [2.05, 4.69) is 10.6 Å². The van der Waals surface area contributed by atoms with Crippen LogP contribution in [0.25, 0.3) is 0 Å². The number of rotatable bonds is 7. The summed E-state index contributed by atoms with van der Waals surface area (Å²) in [4.78, 5) is 25.0. The number of hydrogen-bond donors (Lipinski definition) is 2. The summed E-state index contributed by atoms with van der Waals surface area (Å²) in [6.07, 6.45) is 1.30. The molecule has 2 N–H and O–H groups in total. The van der Waals surface area contributed by atoms with Gasteiger partial charge < -0.3 is 20.1 Å². The van der Waals surface area contributed by atoms with Crippen LogP contribution < -0.4 is 15.4 Å². The van der Waals surface area contributed by atoms with Gasteiger partial charge in [0.25, 0.3) is 11.8 Å². The Hall–Kier alpha value is -2.28. The van der Waals surface area contributed by atoms with Crippen LogP contribution in [0.15, 0.2) is 48.5 Å². The molecule has 8 heteroatoms. The third-order valence-corrected chi connectivity index (χ3v) is 4.95. The van der Waals surface area contributed by atoms with Crippen molar-refractivity contribution >= 4 is 35.0 Å². The van der Waals surface area contributed by atoms with Gasteiger partial charge in [0.05, 0.1) is 0 Å². The second-order valence-corrected chi connectivity index (χ2v) is 7.53. The van der Waals surface area contributed by atoms with Crippen LogP contribution in [0.3, 0.4) is 0 Å². The van der Waals surface area contributed by atoms with Crippen molar-refractivity contribution in [2.24, 2.45) is 0 Å². The van der Waals surface area contributed by atoms with Crippen molar-refractivity contribution in [2.75, 3.05) is 13.2 Å². The fourth-order valence-electron chi connectivity index (χ4n) is 2.92. The molecule has 0 aromatic heterocycles. The van der Waals surface area contributed by atoms with Crippen molar-refractivity contribution in [3.8, 4) is 5.75 Å². The molecule has 0 spiro atoms. The standard InChI is InChI=1S/C21H22Cl2N2O4/c22-15-6-4-14(5-7-15)20(25-21(27)18-3-1-2-12-28-18)24-19(26)13-29-17-10-8-16(23)9-11-17/h4-11,18,20H,1-3,12-13H2,(H,24,26)(H,25,27). The minimum Gasteiger partial charge on any atom is -0.484 e. The summed E-state index contributed by atoms with van der Waals surface area (Å²) in [6, 6.07) is 13.6. The monoisotopic (exact) mass is 436 g/mol. The summed E-state index contributed by atoms with van der Waals surface area (Å²) in [7, 11) is 0. The Morgan fingerprint density at radius 2 is 1.66 bits per heavy atom. The molecule has 2 aromatic rings. The van der Waals surface area contributed by atoms with Gasteiger partial charge in [0, 0.05) is 16.7 Å². The molecule has 0 saturated carbocycles. The number of ether oxygens (including phenoxy) is 2. The Labute approximate surface area is 179 Å². The van der Waals surface area contributed by atoms with Gasteiger partial charge in [0.1, 0.15) is 18.0 Å². The van der Waals surface area contributed by atoms with E-state index in [9.17, 15) is 9.59 Å². The van der Waals surface area contributed by atoms with E-state index in [-0.39, 0.29) is 18.4 Å². The molecule has 0 radical (unpaired) electrons. The minimum atomic E-state index is -0.730. The van der Waals surface area contributed by atoms with Crippen LogP contribution in [0.4, 0.5) is 0 Å². The topological polar surface area (TPSA) is 76.7 Å². The Morgan fingerprint density at radius 1 is 1.00 bits per heavy atom. The summed E-state index contributed by atoms with van der Waals surface area (Å²) >= 11 is 11.8. The lowest BCUT2D eigenvalue weighted by atomic mass is 10.1. The van der Waals surface area contributed by atoms with Crippen LogP contribution in [0.5, 0.6) is 5.75 Å². The Kier molecular flexibility index (Phi) is 7.75. The molecule has 2 atom stereocenters. The highest BCUT2D eigenvalue weighted by Crippen LogP contribution is 2.18. The average molecular weight is 437 g/mol. The summed E-state index contributed by atoms with van der Waals surface area (Å²) in [5.41, 5.74) is 0.693. The van der Waals surface area contributed by atoms with Gasteiger partial charge in [-0.15, -0.1) is 0 Å². The normalized spacial score (nSPS) is 17.2. The maximum absolute atomic E-state index is 12.6. The van der Waals surface area contributed by atoms with Gasteiger partial charge in [0.2, 0.25) is 0 Å². The molecule has 1 heterocycles. The summed E-state index contributed by atoms with van der Waals surface area (Å²) in [5.74, 6) is -0.124. The van der Waals surface area contributed by atoms with Crippen molar-refractivity contribution in [3.63, 3.8) is 0 Å². The molecule has 29 heavy (non-hydrogen) atoms. The number of carbonyl (C=O) groups is 2. The second kappa shape index (κ2) is 10.5. The van der Waals surface area contributed by atoms with E-state index in [4.69, 9.17) is 32.7 Å². The Bertz CT molecular complexity index is 822. The number of benzene rings is 2. The molecular formula is C21H22Cl2N2O4. The predicted molar refractivity (Wildman–Crippen MR) is 111 cm³/mol. The third-order valence-electron chi connectivity index (χ3n) is 4.45. The van der Waals surface area contributed by atoms with E-state index in [0.29, 0.717) is 34.4 Å². The van der Waals surface area contributed by atoms with E-state index in [1.54, 1.807) is 48.5 Å². The van der Waals surface area contributed by atoms with Gasteiger partial charge in [-0.05, 0) is 61.2 Å². The lowest BCUT2D eigenvalue weighted by Crippen LogP contribution is -2.47. The number of halogens is 2. The van der Waals surface area contributed by atoms with Crippen LogP contribution in [-0.4, -0.2) is 31.1 Å². The highest BCUT2D eigenvalue weighted by atomic mass is 35.5. The molecule has 154 valence electrons. The van der Waals surface area contributed by atoms with Gasteiger partial charge in [-0.2, -0.15) is 0 Å². The summed E-state index contributed by atoms with van der Waals surface area (Å²) in [6.45, 7) is 0.354. The van der Waals surface area contributed by atoms with Crippen LogP contribution in [0.2, 0.25) is 10.0 Å². The van der Waals surface area contributed by atoms with Gasteiger partial charge in [-0.1, -0.05) is 35.3 Å². The summed E-state index contributed by atoms with van der Waals surface area (Å²) in [5, 5.41) is 6.77. The van der Waals surface area contributed by atoms with Gasteiger partial charge >= 0.3 is 0 Å². The van der Waals surface area contributed by atoms with Gasteiger partial charge in [-0.3, -0.25) is 9.59 Å². The first-order valence-electron chi connectivity index (χ1n) is 9.36. The van der Waals surface area contributed by atoms with Crippen molar-refractivity contribution in [3.05, 3.63) is 64.1 Å². The lowest BCUT2D eigenvalue weighted by Gasteiger charge is -2.26. The molecular weight excluding hydrogens is 415 g/mol. The average Bonchev–Trinajstić information content (AvgIpc) is 2.74. The number of hydrogen-bond acceptors (Lipinski definition) is 4. The SMILES string of the molecule is O=C(COc1ccc(Cl)cc1)NC(NC(=O)C1CCCCO1)c1ccc(Cl)cc1. The zero-order valence-corrected chi connectivity index (χ0v) is 17.2. The van der Waals surface area contributed by atoms with Crippen molar-refractivity contribution in [2.45, 2.75) is 31.5 Å². The quantitative estimate of drug-likeness (QED) is 0.645. The summed E-state index contributed by atoms with van der Waals surface area (Å²) < 4.78 is 11.0. The highest BCUT2D eigenvalue weighted by molar-refractivity contribution is 6.30. The van der Waals surface area contributed by atoms with E-state index in [1.807, 2.05) is 0 Å². The first kappa shape index (κ1) is 21.4. The highest BCUT2D eigenvalue weighted by Gasteiger charge is 2.25. The minimum absolute atomic E-state index is 0.207. The van der Waals surface area contributed by atoms with Crippen molar-refractivity contribution < 1.29 is 19.1 Å². The second-order valence-electron chi connectivity index (χ2n) is 6.66. The molecule has 1 saturated heterocycles. The maximum atomic E-state index is 12.6. The number of carbonyl (C=O) groups excluding carboxylic acids is 2. The zero-order valence-electron chi connectivity index (χ0n) is 15.7. The third kappa shape index (κ3) is 6.63. The van der Waals surface area contributed by atoms with Crippen molar-refractivity contribution in [1.29, 1.82) is 0 Å². The van der Waals surface area contributed by atoms with Crippen LogP contribution >= 0.6 is 23.2 Å². The molecule has 2 amide bonds. The Morgan fingerprint density at radius 3 is 2.28 bits per heavy atom. The Balaban J connectivity index is 1.63. The van der Waals surface area contributed by atoms with Crippen LogP contribution in [0.1, 0.15) is 31.0 Å². The largest absolute Gasteiger partial charge is 0.484 e. The van der Waals surface area contributed by atoms with E-state index >= 15 is 0 Å². The van der Waals surface area contributed by atoms with Gasteiger partial charge in [0.15, 0.2) is 6.61 Å². The molecule has 3 rings (SSSR count). The molecule has 1 fully saturated rings. The molecule has 1 aliphatic rings. The first-order valence-corrected chi connectivity index (χ1v) is 10.1. The molecule has 2 aromatic carbocycles. The smallest absolute Gasteiger partial charge is 0.259 e. The van der Waals surface area contributed by atoms with Gasteiger partial charge in [-0.25, -0.2) is 0 Å². The molecule has 6 nitrogen and oxygen atoms in total. The molecule has 2 unspecified atom stereocenters. The number of nitrogens with one attached hydrogen (secondary N) is 2. The molecule has 0 aliphatic carbocycles. The molecule has 0 bridgehead atoms. The van der Waals surface area contributed by atoms with E-state index in [1.165, 1.54) is 0 Å². The predicted octanol–water partition coefficient (Wildman–Crippen LogP) is 3.87. The van der Waals surface area contributed by atoms with Crippen molar-refractivity contribution in [1.82, 2.24) is 10.6 Å². The van der Waals surface area contributed by atoms with E-state index in [0.717, 1.165) is 12.8 Å². The maximum Gasteiger partial charge on any atom is 0.259 e. The fourth-order valence-corrected chi connectivity index (χ4v) is 3.18. The lowest BCUT2D eigenvalue weighted by molar-refractivity contribution is -0.137. The zero-order chi connectivity index (χ0) is 20.6. The molecule has 1 aliphatic heterocycles. The van der Waals surface area contributed by atoms with E-state index < -0.39 is 12.3 Å². The first-order chi connectivity index (χ1) is 14.0. The number of amides is 2. The van der Waals surface area contributed by atoms with Crippen LogP contribution in [0, 0.1) is 0 Å². The van der Waals surface area contributed by atoms with Crippen LogP contribution in [-0.2, 0) is 14.3 Å².